The Balaban J connectivity index is 1.74. The number of hydrogen-bond acceptors (Lipinski definition) is 3. The molecule has 0 unspecified atom stereocenters. The van der Waals surface area contributed by atoms with E-state index in [1.165, 1.54) is 25.7 Å². The second-order valence-corrected chi connectivity index (χ2v) is 10.6. The van der Waals surface area contributed by atoms with E-state index >= 15 is 0 Å². The van der Waals surface area contributed by atoms with Gasteiger partial charge in [-0.15, -0.1) is 0 Å². The first kappa shape index (κ1) is 17.3. The fourth-order valence-corrected chi connectivity index (χ4v) is 8.12. The lowest BCUT2D eigenvalue weighted by Gasteiger charge is -2.66. The van der Waals surface area contributed by atoms with Crippen molar-refractivity contribution in [2.24, 2.45) is 39.4 Å². The van der Waals surface area contributed by atoms with Crippen LogP contribution in [-0.2, 0) is 0 Å². The van der Waals surface area contributed by atoms with Crippen LogP contribution in [0.25, 0.3) is 0 Å². The van der Waals surface area contributed by atoms with E-state index in [0.29, 0.717) is 23.9 Å². The molecule has 0 aromatic heterocycles. The van der Waals surface area contributed by atoms with Crippen LogP contribution in [0.3, 0.4) is 0 Å². The van der Waals surface area contributed by atoms with Crippen molar-refractivity contribution in [1.29, 1.82) is 0 Å². The highest BCUT2D eigenvalue weighted by Crippen LogP contribution is 2.76. The second kappa shape index (κ2) is 5.20. The molecule has 4 saturated carbocycles. The molecular formula is C21H36O3. The lowest BCUT2D eigenvalue weighted by molar-refractivity contribution is -0.211. The molecule has 0 saturated heterocycles. The highest BCUT2D eigenvalue weighted by atomic mass is 16.3. The van der Waals surface area contributed by atoms with Crippen LogP contribution in [0.5, 0.6) is 0 Å². The number of rotatable bonds is 2. The highest BCUT2D eigenvalue weighted by Gasteiger charge is 2.69. The topological polar surface area (TPSA) is 60.7 Å². The van der Waals surface area contributed by atoms with Gasteiger partial charge < -0.3 is 15.3 Å². The highest BCUT2D eigenvalue weighted by molar-refractivity contribution is 5.18. The van der Waals surface area contributed by atoms with Gasteiger partial charge in [-0.05, 0) is 85.4 Å². The summed E-state index contributed by atoms with van der Waals surface area (Å²) in [6, 6.07) is 0. The van der Waals surface area contributed by atoms with Gasteiger partial charge in [0.15, 0.2) is 0 Å². The average molecular weight is 337 g/mol. The van der Waals surface area contributed by atoms with E-state index in [1.54, 1.807) is 0 Å². The molecule has 4 aliphatic rings. The maximum atomic E-state index is 10.7. The molecule has 0 aromatic carbocycles. The van der Waals surface area contributed by atoms with Crippen LogP contribution in [-0.4, -0.2) is 34.6 Å². The third-order valence-corrected chi connectivity index (χ3v) is 10.00. The predicted molar refractivity (Wildman–Crippen MR) is 94.3 cm³/mol. The first-order chi connectivity index (χ1) is 11.3. The van der Waals surface area contributed by atoms with Crippen LogP contribution in [0.1, 0.15) is 72.1 Å². The van der Waals surface area contributed by atoms with Crippen molar-refractivity contribution in [3.05, 3.63) is 0 Å². The van der Waals surface area contributed by atoms with E-state index in [9.17, 15) is 15.3 Å². The van der Waals surface area contributed by atoms with Crippen LogP contribution in [0.2, 0.25) is 0 Å². The summed E-state index contributed by atoms with van der Waals surface area (Å²) < 4.78 is 0. The van der Waals surface area contributed by atoms with E-state index in [4.69, 9.17) is 0 Å². The summed E-state index contributed by atoms with van der Waals surface area (Å²) in [7, 11) is 0. The largest absolute Gasteiger partial charge is 0.396 e. The van der Waals surface area contributed by atoms with Crippen molar-refractivity contribution in [3.8, 4) is 0 Å². The van der Waals surface area contributed by atoms with Crippen molar-refractivity contribution >= 4 is 0 Å². The lowest BCUT2D eigenvalue weighted by atomic mass is 9.39. The van der Waals surface area contributed by atoms with Gasteiger partial charge in [0, 0.05) is 12.0 Å². The SMILES string of the molecule is C[C@]1(CO)CC[C@]23C[C@H]1C[C@@H]2CC[C@H]1[C@](C)(CO)[C@H](O)CC[C@@]13C. The van der Waals surface area contributed by atoms with Gasteiger partial charge in [-0.2, -0.15) is 0 Å². The van der Waals surface area contributed by atoms with E-state index in [0.717, 1.165) is 31.6 Å². The summed E-state index contributed by atoms with van der Waals surface area (Å²) in [6.45, 7) is 7.35. The number of hydrogen-bond donors (Lipinski definition) is 3. The zero-order valence-electron chi connectivity index (χ0n) is 15.7. The van der Waals surface area contributed by atoms with Crippen LogP contribution < -0.4 is 0 Å². The monoisotopic (exact) mass is 336 g/mol. The molecule has 0 aromatic rings. The van der Waals surface area contributed by atoms with Gasteiger partial charge in [-0.25, -0.2) is 0 Å². The van der Waals surface area contributed by atoms with Crippen molar-refractivity contribution in [3.63, 3.8) is 0 Å². The molecule has 4 fully saturated rings. The van der Waals surface area contributed by atoms with Gasteiger partial charge in [0.1, 0.15) is 0 Å². The molecule has 138 valence electrons. The molecule has 0 aliphatic heterocycles. The quantitative estimate of drug-likeness (QED) is 0.724. The Bertz CT molecular complexity index is 521. The van der Waals surface area contributed by atoms with Crippen LogP contribution in [0.15, 0.2) is 0 Å². The number of aliphatic hydroxyl groups is 3. The predicted octanol–water partition coefficient (Wildman–Crippen LogP) is 3.36. The smallest absolute Gasteiger partial charge is 0.0618 e. The zero-order valence-corrected chi connectivity index (χ0v) is 15.7. The van der Waals surface area contributed by atoms with E-state index < -0.39 is 0 Å². The minimum Gasteiger partial charge on any atom is -0.396 e. The van der Waals surface area contributed by atoms with Gasteiger partial charge in [0.05, 0.1) is 12.7 Å². The minimum absolute atomic E-state index is 0.104. The first-order valence-corrected chi connectivity index (χ1v) is 10.2. The Labute approximate surface area is 146 Å². The molecule has 8 atom stereocenters. The molecule has 2 bridgehead atoms. The standard InChI is InChI=1S/C21H36O3/c1-18(12-22)8-9-21-11-15(18)10-14(21)4-5-16-19(2,13-23)17(24)6-7-20(16,21)3/h14-17,22-24H,4-13H2,1-3H3/t14-,15+,16-,17+,18+,19-,20-,21-/m0/s1. The number of fused-ring (bicyclic) bond motifs is 2. The fourth-order valence-electron chi connectivity index (χ4n) is 8.12. The third-order valence-electron chi connectivity index (χ3n) is 10.00. The van der Waals surface area contributed by atoms with Crippen molar-refractivity contribution in [2.75, 3.05) is 13.2 Å². The first-order valence-electron chi connectivity index (χ1n) is 10.2. The van der Waals surface area contributed by atoms with Gasteiger partial charge in [-0.1, -0.05) is 20.8 Å². The van der Waals surface area contributed by atoms with E-state index in [2.05, 4.69) is 20.8 Å². The van der Waals surface area contributed by atoms with Crippen molar-refractivity contribution in [1.82, 2.24) is 0 Å². The normalized spacial score (nSPS) is 59.8. The molecule has 1 spiro atoms. The Morgan fingerprint density at radius 2 is 1.62 bits per heavy atom. The Kier molecular flexibility index (Phi) is 3.75. The summed E-state index contributed by atoms with van der Waals surface area (Å²) in [5.41, 5.74) is 0.384. The zero-order chi connectivity index (χ0) is 17.4. The molecule has 0 heterocycles. The molecule has 3 N–H and O–H groups in total. The Hall–Kier alpha value is -0.120. The summed E-state index contributed by atoms with van der Waals surface area (Å²) >= 11 is 0. The summed E-state index contributed by atoms with van der Waals surface area (Å²) in [5, 5.41) is 30.8. The summed E-state index contributed by atoms with van der Waals surface area (Å²) in [4.78, 5) is 0. The molecule has 3 nitrogen and oxygen atoms in total. The molecular weight excluding hydrogens is 300 g/mol. The van der Waals surface area contributed by atoms with Crippen LogP contribution >= 0.6 is 0 Å². The Morgan fingerprint density at radius 1 is 0.875 bits per heavy atom. The lowest BCUT2D eigenvalue weighted by Crippen LogP contribution is -2.62. The van der Waals surface area contributed by atoms with Gasteiger partial charge in [0.2, 0.25) is 0 Å². The molecule has 4 aliphatic carbocycles. The maximum absolute atomic E-state index is 10.7. The molecule has 0 radical (unpaired) electrons. The van der Waals surface area contributed by atoms with Gasteiger partial charge in [-0.3, -0.25) is 0 Å². The van der Waals surface area contributed by atoms with Crippen molar-refractivity contribution < 1.29 is 15.3 Å². The van der Waals surface area contributed by atoms with E-state index in [1.807, 2.05) is 0 Å². The average Bonchev–Trinajstić information content (AvgIpc) is 2.93. The van der Waals surface area contributed by atoms with E-state index in [-0.39, 0.29) is 29.0 Å². The molecule has 3 heteroatoms. The van der Waals surface area contributed by atoms with Gasteiger partial charge in [0.25, 0.3) is 0 Å². The molecule has 0 amide bonds. The minimum atomic E-state index is -0.364. The van der Waals surface area contributed by atoms with Gasteiger partial charge >= 0.3 is 0 Å². The third kappa shape index (κ3) is 1.85. The van der Waals surface area contributed by atoms with Crippen LogP contribution in [0, 0.1) is 39.4 Å². The molecule has 24 heavy (non-hydrogen) atoms. The molecule has 4 rings (SSSR count). The maximum Gasteiger partial charge on any atom is 0.0618 e. The van der Waals surface area contributed by atoms with Crippen molar-refractivity contribution in [2.45, 2.75) is 78.2 Å². The number of aliphatic hydroxyl groups excluding tert-OH is 3. The van der Waals surface area contributed by atoms with Crippen LogP contribution in [0.4, 0.5) is 0 Å². The summed E-state index contributed by atoms with van der Waals surface area (Å²) in [6.07, 6.45) is 8.91. The second-order valence-electron chi connectivity index (χ2n) is 10.6. The summed E-state index contributed by atoms with van der Waals surface area (Å²) in [5.74, 6) is 1.87. The fraction of sp³-hybridized carbons (Fsp3) is 1.00. The Morgan fingerprint density at radius 3 is 2.29 bits per heavy atom.